The third-order valence-electron chi connectivity index (χ3n) is 5.36. The lowest BCUT2D eigenvalue weighted by Gasteiger charge is -2.47. The van der Waals surface area contributed by atoms with Gasteiger partial charge in [0.05, 0.1) is 27.4 Å². The van der Waals surface area contributed by atoms with E-state index in [0.717, 1.165) is 11.1 Å². The molecule has 2 aliphatic rings. The van der Waals surface area contributed by atoms with Crippen molar-refractivity contribution in [1.29, 1.82) is 0 Å². The number of piperidine rings is 1. The van der Waals surface area contributed by atoms with E-state index < -0.39 is 0 Å². The van der Waals surface area contributed by atoms with Crippen LogP contribution >= 0.6 is 11.6 Å². The smallest absolute Gasteiger partial charge is 0.305 e. The van der Waals surface area contributed by atoms with Gasteiger partial charge in [-0.15, -0.1) is 11.6 Å². The van der Waals surface area contributed by atoms with Crippen LogP contribution in [-0.2, 0) is 20.7 Å². The monoisotopic (exact) mass is 381 g/mol. The highest BCUT2D eigenvalue weighted by Gasteiger charge is 2.43. The van der Waals surface area contributed by atoms with Crippen LogP contribution in [-0.4, -0.2) is 50.0 Å². The summed E-state index contributed by atoms with van der Waals surface area (Å²) in [6.45, 7) is 0. The molecule has 0 radical (unpaired) electrons. The van der Waals surface area contributed by atoms with Crippen LogP contribution in [0.2, 0.25) is 0 Å². The van der Waals surface area contributed by atoms with E-state index >= 15 is 0 Å². The van der Waals surface area contributed by atoms with Crippen molar-refractivity contribution < 1.29 is 23.8 Å². The number of esters is 1. The first-order valence-electron chi connectivity index (χ1n) is 8.71. The SMILES string of the molecule is COC(=O)C[C@H]1CC(=O)N2[C@H](CCl)Cc3cc(OC)c(OC)cc3[C@H]2C1. The third kappa shape index (κ3) is 3.34. The van der Waals surface area contributed by atoms with Crippen molar-refractivity contribution in [3.63, 3.8) is 0 Å². The van der Waals surface area contributed by atoms with E-state index in [4.69, 9.17) is 25.8 Å². The van der Waals surface area contributed by atoms with Crippen LogP contribution < -0.4 is 9.47 Å². The highest BCUT2D eigenvalue weighted by molar-refractivity contribution is 6.18. The number of amides is 1. The predicted molar refractivity (Wildman–Crippen MR) is 96.7 cm³/mol. The first kappa shape index (κ1) is 18.8. The molecule has 1 aromatic carbocycles. The number of ether oxygens (including phenoxy) is 3. The predicted octanol–water partition coefficient (Wildman–Crippen LogP) is 2.71. The van der Waals surface area contributed by atoms with E-state index in [9.17, 15) is 9.59 Å². The standard InChI is InChI=1S/C19H24ClNO5/c1-24-16-8-12-7-13(10-20)21-15(14(12)9-17(16)25-2)4-11(5-18(21)22)6-19(23)26-3/h8-9,11,13,15H,4-7,10H2,1-3H3/t11-,13+,15-/m1/s1. The van der Waals surface area contributed by atoms with E-state index in [-0.39, 0.29) is 36.3 Å². The molecule has 2 heterocycles. The molecule has 0 bridgehead atoms. The Morgan fingerprint density at radius 2 is 1.88 bits per heavy atom. The molecule has 0 unspecified atom stereocenters. The lowest BCUT2D eigenvalue weighted by molar-refractivity contribution is -0.146. The summed E-state index contributed by atoms with van der Waals surface area (Å²) < 4.78 is 15.6. The minimum absolute atomic E-state index is 0.0359. The molecule has 1 aromatic rings. The van der Waals surface area contributed by atoms with Crippen LogP contribution in [0.25, 0.3) is 0 Å². The average molecular weight is 382 g/mol. The average Bonchev–Trinajstić information content (AvgIpc) is 2.65. The largest absolute Gasteiger partial charge is 0.493 e. The van der Waals surface area contributed by atoms with Gasteiger partial charge in [0.1, 0.15) is 0 Å². The van der Waals surface area contributed by atoms with Crippen LogP contribution in [0, 0.1) is 5.92 Å². The summed E-state index contributed by atoms with van der Waals surface area (Å²) >= 11 is 6.18. The number of hydrogen-bond donors (Lipinski definition) is 0. The summed E-state index contributed by atoms with van der Waals surface area (Å²) in [5.41, 5.74) is 2.16. The van der Waals surface area contributed by atoms with E-state index in [0.29, 0.717) is 36.6 Å². The number of methoxy groups -OCH3 is 3. The van der Waals surface area contributed by atoms with Crippen molar-refractivity contribution in [2.75, 3.05) is 27.2 Å². The number of benzene rings is 1. The van der Waals surface area contributed by atoms with Gasteiger partial charge in [-0.25, -0.2) is 0 Å². The number of nitrogens with zero attached hydrogens (tertiary/aromatic N) is 1. The normalized spacial score (nSPS) is 24.5. The van der Waals surface area contributed by atoms with Gasteiger partial charge in [-0.3, -0.25) is 9.59 Å². The molecule has 0 N–H and O–H groups in total. The summed E-state index contributed by atoms with van der Waals surface area (Å²) in [5, 5.41) is 0. The second kappa shape index (κ2) is 7.74. The zero-order chi connectivity index (χ0) is 18.8. The summed E-state index contributed by atoms with van der Waals surface area (Å²) in [6, 6.07) is 3.75. The van der Waals surface area contributed by atoms with E-state index in [1.165, 1.54) is 7.11 Å². The molecule has 3 atom stereocenters. The second-order valence-electron chi connectivity index (χ2n) is 6.82. The summed E-state index contributed by atoms with van der Waals surface area (Å²) in [6.07, 6.45) is 1.99. The first-order chi connectivity index (χ1) is 12.5. The van der Waals surface area contributed by atoms with E-state index in [1.807, 2.05) is 17.0 Å². The van der Waals surface area contributed by atoms with E-state index in [2.05, 4.69) is 0 Å². The quantitative estimate of drug-likeness (QED) is 0.579. The molecule has 6 nitrogen and oxygen atoms in total. The highest BCUT2D eigenvalue weighted by atomic mass is 35.5. The molecule has 1 amide bonds. The van der Waals surface area contributed by atoms with Crippen molar-refractivity contribution in [1.82, 2.24) is 4.90 Å². The lowest BCUT2D eigenvalue weighted by atomic mass is 9.78. The molecular formula is C19H24ClNO5. The number of carbonyl (C=O) groups is 2. The van der Waals surface area contributed by atoms with Gasteiger partial charge in [0.15, 0.2) is 11.5 Å². The number of rotatable bonds is 5. The maximum absolute atomic E-state index is 12.8. The molecule has 0 aromatic heterocycles. The lowest BCUT2D eigenvalue weighted by Crippen LogP contribution is -2.52. The Hall–Kier alpha value is -1.95. The zero-order valence-electron chi connectivity index (χ0n) is 15.3. The Bertz CT molecular complexity index is 707. The molecule has 0 spiro atoms. The van der Waals surface area contributed by atoms with Gasteiger partial charge < -0.3 is 19.1 Å². The fraction of sp³-hybridized carbons (Fsp3) is 0.579. The molecule has 7 heteroatoms. The van der Waals surface area contributed by atoms with Gasteiger partial charge in [-0.1, -0.05) is 0 Å². The maximum atomic E-state index is 12.8. The van der Waals surface area contributed by atoms with Crippen LogP contribution in [0.3, 0.4) is 0 Å². The van der Waals surface area contributed by atoms with Gasteiger partial charge in [-0.05, 0) is 42.0 Å². The maximum Gasteiger partial charge on any atom is 0.305 e. The van der Waals surface area contributed by atoms with Gasteiger partial charge >= 0.3 is 5.97 Å². The number of fused-ring (bicyclic) bond motifs is 3. The Kier molecular flexibility index (Phi) is 5.61. The molecule has 1 saturated heterocycles. The number of alkyl halides is 1. The van der Waals surface area contributed by atoms with Gasteiger partial charge in [0.25, 0.3) is 0 Å². The van der Waals surface area contributed by atoms with Crippen molar-refractivity contribution in [2.24, 2.45) is 5.92 Å². The molecule has 0 aliphatic carbocycles. The molecule has 1 fully saturated rings. The van der Waals surface area contributed by atoms with Crippen LogP contribution in [0.15, 0.2) is 12.1 Å². The van der Waals surface area contributed by atoms with Crippen molar-refractivity contribution in [3.05, 3.63) is 23.3 Å². The molecule has 2 aliphatic heterocycles. The molecular weight excluding hydrogens is 358 g/mol. The summed E-state index contributed by atoms with van der Waals surface area (Å²) in [4.78, 5) is 26.4. The minimum Gasteiger partial charge on any atom is -0.493 e. The fourth-order valence-electron chi connectivity index (χ4n) is 4.15. The Labute approximate surface area is 158 Å². The molecule has 142 valence electrons. The minimum atomic E-state index is -0.284. The molecule has 0 saturated carbocycles. The van der Waals surface area contributed by atoms with Crippen molar-refractivity contribution >= 4 is 23.5 Å². The number of halogens is 1. The Morgan fingerprint density at radius 3 is 2.50 bits per heavy atom. The molecule has 26 heavy (non-hydrogen) atoms. The van der Waals surface area contributed by atoms with Gasteiger partial charge in [0.2, 0.25) is 5.91 Å². The van der Waals surface area contributed by atoms with E-state index in [1.54, 1.807) is 14.2 Å². The highest BCUT2D eigenvalue weighted by Crippen LogP contribution is 2.46. The second-order valence-corrected chi connectivity index (χ2v) is 7.13. The fourth-order valence-corrected chi connectivity index (χ4v) is 4.41. The summed E-state index contributed by atoms with van der Waals surface area (Å²) in [5.74, 6) is 1.40. The summed E-state index contributed by atoms with van der Waals surface area (Å²) in [7, 11) is 4.57. The van der Waals surface area contributed by atoms with Crippen LogP contribution in [0.4, 0.5) is 0 Å². The topological polar surface area (TPSA) is 65.1 Å². The Morgan fingerprint density at radius 1 is 1.19 bits per heavy atom. The van der Waals surface area contributed by atoms with Crippen molar-refractivity contribution in [2.45, 2.75) is 37.8 Å². The first-order valence-corrected chi connectivity index (χ1v) is 9.24. The van der Waals surface area contributed by atoms with Gasteiger partial charge in [-0.2, -0.15) is 0 Å². The number of carbonyl (C=O) groups excluding carboxylic acids is 2. The number of hydrogen-bond acceptors (Lipinski definition) is 5. The van der Waals surface area contributed by atoms with Crippen LogP contribution in [0.5, 0.6) is 11.5 Å². The third-order valence-corrected chi connectivity index (χ3v) is 5.71. The van der Waals surface area contributed by atoms with Gasteiger partial charge in [0, 0.05) is 24.8 Å². The zero-order valence-corrected chi connectivity index (χ0v) is 16.0. The van der Waals surface area contributed by atoms with Crippen molar-refractivity contribution in [3.8, 4) is 11.5 Å². The van der Waals surface area contributed by atoms with Crippen LogP contribution in [0.1, 0.15) is 36.4 Å². The molecule has 3 rings (SSSR count). The Balaban J connectivity index is 2.00.